The average molecular weight is 445 g/mol. The SMILES string of the molecule is CC(C)(C)NC(=O)C(c1cccnc1)N(C(=O)c1cccnc1)c1ccc(C(C)(C)C)cc1. The van der Waals surface area contributed by atoms with Crippen molar-refractivity contribution in [2.75, 3.05) is 4.90 Å². The second-order valence-electron chi connectivity index (χ2n) is 10.1. The van der Waals surface area contributed by atoms with E-state index >= 15 is 0 Å². The lowest BCUT2D eigenvalue weighted by Gasteiger charge is -2.34. The van der Waals surface area contributed by atoms with E-state index in [0.29, 0.717) is 16.8 Å². The van der Waals surface area contributed by atoms with Crippen LogP contribution in [0.4, 0.5) is 5.69 Å². The van der Waals surface area contributed by atoms with Crippen LogP contribution in [0.1, 0.15) is 69.1 Å². The van der Waals surface area contributed by atoms with Crippen molar-refractivity contribution in [1.82, 2.24) is 15.3 Å². The van der Waals surface area contributed by atoms with E-state index in [9.17, 15) is 9.59 Å². The van der Waals surface area contributed by atoms with Crippen LogP contribution in [0.3, 0.4) is 0 Å². The van der Waals surface area contributed by atoms with Crippen molar-refractivity contribution in [1.29, 1.82) is 0 Å². The van der Waals surface area contributed by atoms with Crippen molar-refractivity contribution in [2.45, 2.75) is 58.5 Å². The van der Waals surface area contributed by atoms with Gasteiger partial charge in [-0.1, -0.05) is 39.0 Å². The lowest BCUT2D eigenvalue weighted by molar-refractivity contribution is -0.123. The summed E-state index contributed by atoms with van der Waals surface area (Å²) in [6, 6.07) is 13.9. The third-order valence-corrected chi connectivity index (χ3v) is 5.14. The normalized spacial score (nSPS) is 12.7. The first-order chi connectivity index (χ1) is 15.5. The van der Waals surface area contributed by atoms with Gasteiger partial charge in [0.2, 0.25) is 5.91 Å². The molecule has 0 bridgehead atoms. The van der Waals surface area contributed by atoms with Crippen LogP contribution in [0.15, 0.2) is 73.3 Å². The monoisotopic (exact) mass is 444 g/mol. The van der Waals surface area contributed by atoms with Gasteiger partial charge in [0, 0.05) is 41.6 Å². The fourth-order valence-electron chi connectivity index (χ4n) is 3.53. The number of pyridine rings is 2. The van der Waals surface area contributed by atoms with E-state index in [0.717, 1.165) is 5.56 Å². The summed E-state index contributed by atoms with van der Waals surface area (Å²) in [6.07, 6.45) is 6.40. The van der Waals surface area contributed by atoms with Crippen LogP contribution in [0.25, 0.3) is 0 Å². The Kier molecular flexibility index (Phi) is 6.96. The highest BCUT2D eigenvalue weighted by atomic mass is 16.2. The Bertz CT molecular complexity index is 1080. The number of benzene rings is 1. The Morgan fingerprint density at radius 2 is 1.45 bits per heavy atom. The molecule has 0 saturated heterocycles. The first-order valence-corrected chi connectivity index (χ1v) is 11.0. The Labute approximate surface area is 196 Å². The second kappa shape index (κ2) is 9.53. The molecule has 3 rings (SSSR count). The molecule has 33 heavy (non-hydrogen) atoms. The predicted octanol–water partition coefficient (Wildman–Crippen LogP) is 5.08. The van der Waals surface area contributed by atoms with E-state index in [-0.39, 0.29) is 17.2 Å². The lowest BCUT2D eigenvalue weighted by atomic mass is 9.87. The fourth-order valence-corrected chi connectivity index (χ4v) is 3.53. The average Bonchev–Trinajstić information content (AvgIpc) is 2.76. The molecule has 0 saturated carbocycles. The zero-order valence-electron chi connectivity index (χ0n) is 20.2. The molecule has 1 atom stereocenters. The van der Waals surface area contributed by atoms with Crippen LogP contribution in [0.5, 0.6) is 0 Å². The molecule has 0 aliphatic rings. The number of anilines is 1. The number of nitrogens with zero attached hydrogens (tertiary/aromatic N) is 3. The molecule has 0 spiro atoms. The standard InChI is InChI=1S/C27H32N4O2/c1-26(2,3)21-11-13-22(14-12-21)31(25(33)20-10-8-16-29-18-20)23(19-9-7-15-28-17-19)24(32)30-27(4,5)6/h7-18,23H,1-6H3,(H,30,32). The first-order valence-electron chi connectivity index (χ1n) is 11.0. The number of nitrogens with one attached hydrogen (secondary N) is 1. The largest absolute Gasteiger partial charge is 0.349 e. The van der Waals surface area contributed by atoms with Gasteiger partial charge in [-0.2, -0.15) is 0 Å². The minimum Gasteiger partial charge on any atom is -0.349 e. The van der Waals surface area contributed by atoms with Crippen LogP contribution in [-0.4, -0.2) is 27.3 Å². The third-order valence-electron chi connectivity index (χ3n) is 5.14. The second-order valence-corrected chi connectivity index (χ2v) is 10.1. The molecule has 2 amide bonds. The van der Waals surface area contributed by atoms with Gasteiger partial charge in [0.05, 0.1) is 5.56 Å². The molecule has 172 valence electrons. The van der Waals surface area contributed by atoms with Crippen molar-refractivity contribution in [3.05, 3.63) is 90.0 Å². The van der Waals surface area contributed by atoms with Gasteiger partial charge >= 0.3 is 0 Å². The molecule has 0 aliphatic heterocycles. The van der Waals surface area contributed by atoms with Crippen molar-refractivity contribution < 1.29 is 9.59 Å². The van der Waals surface area contributed by atoms with Gasteiger partial charge in [0.1, 0.15) is 6.04 Å². The third kappa shape index (κ3) is 6.04. The molecule has 2 heterocycles. The van der Waals surface area contributed by atoms with Gasteiger partial charge in [0.25, 0.3) is 5.91 Å². The van der Waals surface area contributed by atoms with Crippen molar-refractivity contribution in [3.63, 3.8) is 0 Å². The van der Waals surface area contributed by atoms with E-state index < -0.39 is 11.6 Å². The molecule has 1 unspecified atom stereocenters. The minimum absolute atomic E-state index is 0.0386. The number of aromatic nitrogens is 2. The molecule has 6 nitrogen and oxygen atoms in total. The minimum atomic E-state index is -0.911. The van der Waals surface area contributed by atoms with Gasteiger partial charge in [-0.15, -0.1) is 0 Å². The Balaban J connectivity index is 2.17. The fraction of sp³-hybridized carbons (Fsp3) is 0.333. The predicted molar refractivity (Wildman–Crippen MR) is 131 cm³/mol. The van der Waals surface area contributed by atoms with Crippen LogP contribution in [0, 0.1) is 0 Å². The summed E-state index contributed by atoms with van der Waals surface area (Å²) in [5, 5.41) is 3.03. The van der Waals surface area contributed by atoms with Gasteiger partial charge in [0.15, 0.2) is 0 Å². The molecule has 0 fully saturated rings. The summed E-state index contributed by atoms with van der Waals surface area (Å²) in [4.78, 5) is 37.2. The molecule has 6 heteroatoms. The number of hydrogen-bond acceptors (Lipinski definition) is 4. The summed E-state index contributed by atoms with van der Waals surface area (Å²) in [7, 11) is 0. The van der Waals surface area contributed by atoms with Gasteiger partial charge < -0.3 is 5.32 Å². The molecule has 3 aromatic rings. The molecule has 0 radical (unpaired) electrons. The maximum Gasteiger partial charge on any atom is 0.260 e. The topological polar surface area (TPSA) is 75.2 Å². The maximum atomic E-state index is 13.8. The quantitative estimate of drug-likeness (QED) is 0.596. The molecule has 2 aromatic heterocycles. The maximum absolute atomic E-state index is 13.8. The Morgan fingerprint density at radius 1 is 0.848 bits per heavy atom. The van der Waals surface area contributed by atoms with E-state index in [1.54, 1.807) is 36.8 Å². The molecule has 0 aliphatic carbocycles. The van der Waals surface area contributed by atoms with Crippen molar-refractivity contribution in [2.24, 2.45) is 0 Å². The van der Waals surface area contributed by atoms with Crippen LogP contribution in [0.2, 0.25) is 0 Å². The summed E-state index contributed by atoms with van der Waals surface area (Å²) >= 11 is 0. The molecular weight excluding hydrogens is 412 g/mol. The Hall–Kier alpha value is -3.54. The highest BCUT2D eigenvalue weighted by Gasteiger charge is 2.35. The number of carbonyl (C=O) groups excluding carboxylic acids is 2. The molecule has 1 N–H and O–H groups in total. The number of rotatable bonds is 5. The van der Waals surface area contributed by atoms with E-state index in [2.05, 4.69) is 36.1 Å². The number of amides is 2. The first kappa shape index (κ1) is 24.1. The molecule has 1 aromatic carbocycles. The number of hydrogen-bond donors (Lipinski definition) is 1. The zero-order valence-corrected chi connectivity index (χ0v) is 20.2. The highest BCUT2D eigenvalue weighted by molar-refractivity contribution is 6.10. The van der Waals surface area contributed by atoms with Crippen LogP contribution >= 0.6 is 0 Å². The summed E-state index contributed by atoms with van der Waals surface area (Å²) in [5.74, 6) is -0.600. The van der Waals surface area contributed by atoms with Crippen LogP contribution in [-0.2, 0) is 10.2 Å². The van der Waals surface area contributed by atoms with Gasteiger partial charge in [-0.05, 0) is 62.1 Å². The van der Waals surface area contributed by atoms with Crippen molar-refractivity contribution in [3.8, 4) is 0 Å². The van der Waals surface area contributed by atoms with Crippen molar-refractivity contribution >= 4 is 17.5 Å². The van der Waals surface area contributed by atoms with E-state index in [1.807, 2.05) is 51.1 Å². The van der Waals surface area contributed by atoms with Gasteiger partial charge in [-0.3, -0.25) is 24.5 Å². The van der Waals surface area contributed by atoms with E-state index in [1.165, 1.54) is 11.1 Å². The van der Waals surface area contributed by atoms with Crippen LogP contribution < -0.4 is 10.2 Å². The summed E-state index contributed by atoms with van der Waals surface area (Å²) < 4.78 is 0. The molecular formula is C27H32N4O2. The van der Waals surface area contributed by atoms with E-state index in [4.69, 9.17) is 0 Å². The number of carbonyl (C=O) groups is 2. The lowest BCUT2D eigenvalue weighted by Crippen LogP contribution is -2.49. The van der Waals surface area contributed by atoms with Gasteiger partial charge in [-0.25, -0.2) is 0 Å². The summed E-state index contributed by atoms with van der Waals surface area (Å²) in [6.45, 7) is 12.1. The zero-order chi connectivity index (χ0) is 24.2. The smallest absolute Gasteiger partial charge is 0.260 e. The highest BCUT2D eigenvalue weighted by Crippen LogP contribution is 2.32. The summed E-state index contributed by atoms with van der Waals surface area (Å²) in [5.41, 5.74) is 2.26. The Morgan fingerprint density at radius 3 is 1.94 bits per heavy atom.